The van der Waals surface area contributed by atoms with Crippen LogP contribution in [0.2, 0.25) is 0 Å². The molecule has 0 aromatic carbocycles. The molecule has 0 aromatic rings. The summed E-state index contributed by atoms with van der Waals surface area (Å²) in [5.41, 5.74) is 5.48. The lowest BCUT2D eigenvalue weighted by molar-refractivity contribution is -0.124. The van der Waals surface area contributed by atoms with Crippen LogP contribution in [-0.2, 0) is 4.79 Å². The summed E-state index contributed by atoms with van der Waals surface area (Å²) in [6.07, 6.45) is 2.09. The highest BCUT2D eigenvalue weighted by atomic mass is 16.2. The molecule has 0 aliphatic heterocycles. The molecule has 0 aromatic heterocycles. The van der Waals surface area contributed by atoms with Crippen molar-refractivity contribution in [2.75, 3.05) is 6.54 Å². The highest BCUT2D eigenvalue weighted by Gasteiger charge is 2.42. The number of hydrogen-bond donors (Lipinski definition) is 2. The van der Waals surface area contributed by atoms with Gasteiger partial charge in [0.2, 0.25) is 5.91 Å². The molecule has 64 valence electrons. The molecular weight excluding hydrogens is 140 g/mol. The molecule has 1 rings (SSSR count). The van der Waals surface area contributed by atoms with Crippen molar-refractivity contribution in [3.05, 3.63) is 0 Å². The SMILES string of the molecule is CC(C)C(=O)NC1(CN)CC1. The van der Waals surface area contributed by atoms with E-state index in [2.05, 4.69) is 5.32 Å². The quantitative estimate of drug-likeness (QED) is 0.615. The van der Waals surface area contributed by atoms with Gasteiger partial charge < -0.3 is 11.1 Å². The monoisotopic (exact) mass is 156 g/mol. The molecule has 0 heterocycles. The summed E-state index contributed by atoms with van der Waals surface area (Å²) in [6, 6.07) is 0. The van der Waals surface area contributed by atoms with E-state index in [0.29, 0.717) is 6.54 Å². The van der Waals surface area contributed by atoms with Gasteiger partial charge in [0.05, 0.1) is 5.54 Å². The standard InChI is InChI=1S/C8H16N2O/c1-6(2)7(11)10-8(5-9)3-4-8/h6H,3-5,9H2,1-2H3,(H,10,11). The smallest absolute Gasteiger partial charge is 0.223 e. The zero-order chi connectivity index (χ0) is 8.48. The molecule has 1 aliphatic carbocycles. The molecule has 1 amide bonds. The molecule has 11 heavy (non-hydrogen) atoms. The van der Waals surface area contributed by atoms with E-state index in [1.807, 2.05) is 13.8 Å². The second-order valence-corrected chi connectivity index (χ2v) is 3.63. The number of nitrogens with two attached hydrogens (primary N) is 1. The lowest BCUT2D eigenvalue weighted by atomic mass is 10.2. The third kappa shape index (κ3) is 1.93. The zero-order valence-electron chi connectivity index (χ0n) is 7.18. The summed E-state index contributed by atoms with van der Waals surface area (Å²) in [5, 5.41) is 2.95. The summed E-state index contributed by atoms with van der Waals surface area (Å²) in [6.45, 7) is 4.36. The van der Waals surface area contributed by atoms with Crippen LogP contribution >= 0.6 is 0 Å². The van der Waals surface area contributed by atoms with Crippen LogP contribution in [0.3, 0.4) is 0 Å². The molecule has 0 unspecified atom stereocenters. The molecule has 3 nitrogen and oxygen atoms in total. The summed E-state index contributed by atoms with van der Waals surface area (Å²) in [4.78, 5) is 11.2. The van der Waals surface area contributed by atoms with E-state index in [1.165, 1.54) is 0 Å². The Bertz CT molecular complexity index is 161. The summed E-state index contributed by atoms with van der Waals surface area (Å²) in [7, 11) is 0. The van der Waals surface area contributed by atoms with Crippen LogP contribution in [0.5, 0.6) is 0 Å². The van der Waals surface area contributed by atoms with E-state index in [1.54, 1.807) is 0 Å². The van der Waals surface area contributed by atoms with Gasteiger partial charge in [-0.2, -0.15) is 0 Å². The minimum absolute atomic E-state index is 0.0264. The zero-order valence-corrected chi connectivity index (χ0v) is 7.18. The average Bonchev–Trinajstić information content (AvgIpc) is 2.69. The minimum atomic E-state index is -0.0264. The van der Waals surface area contributed by atoms with Crippen molar-refractivity contribution in [3.63, 3.8) is 0 Å². The number of amides is 1. The van der Waals surface area contributed by atoms with E-state index in [-0.39, 0.29) is 17.4 Å². The molecule has 0 radical (unpaired) electrons. The Morgan fingerprint density at radius 3 is 2.45 bits per heavy atom. The van der Waals surface area contributed by atoms with Crippen molar-refractivity contribution >= 4 is 5.91 Å². The van der Waals surface area contributed by atoms with Gasteiger partial charge in [-0.1, -0.05) is 13.8 Å². The summed E-state index contributed by atoms with van der Waals surface area (Å²) < 4.78 is 0. The average molecular weight is 156 g/mol. The maximum atomic E-state index is 11.2. The fourth-order valence-electron chi connectivity index (χ4n) is 0.937. The second kappa shape index (κ2) is 2.81. The molecule has 1 fully saturated rings. The first kappa shape index (κ1) is 8.53. The van der Waals surface area contributed by atoms with Crippen molar-refractivity contribution < 1.29 is 4.79 Å². The predicted octanol–water partition coefficient (Wildman–Crippen LogP) is 0.250. The number of rotatable bonds is 3. The van der Waals surface area contributed by atoms with Crippen LogP contribution in [0.4, 0.5) is 0 Å². The fourth-order valence-corrected chi connectivity index (χ4v) is 0.937. The fraction of sp³-hybridized carbons (Fsp3) is 0.875. The van der Waals surface area contributed by atoms with Crippen molar-refractivity contribution in [3.8, 4) is 0 Å². The van der Waals surface area contributed by atoms with E-state index >= 15 is 0 Å². The lowest BCUT2D eigenvalue weighted by Crippen LogP contribution is -2.44. The normalized spacial score (nSPS) is 20.0. The molecule has 0 saturated heterocycles. The van der Waals surface area contributed by atoms with Gasteiger partial charge in [0.25, 0.3) is 0 Å². The van der Waals surface area contributed by atoms with Gasteiger partial charge in [-0.05, 0) is 12.8 Å². The molecular formula is C8H16N2O. The molecule has 0 spiro atoms. The molecule has 1 aliphatic rings. The second-order valence-electron chi connectivity index (χ2n) is 3.63. The lowest BCUT2D eigenvalue weighted by Gasteiger charge is -2.16. The van der Waals surface area contributed by atoms with Crippen LogP contribution < -0.4 is 11.1 Å². The first-order valence-corrected chi connectivity index (χ1v) is 4.12. The first-order chi connectivity index (χ1) is 5.09. The Morgan fingerprint density at radius 2 is 2.18 bits per heavy atom. The van der Waals surface area contributed by atoms with E-state index in [9.17, 15) is 4.79 Å². The van der Waals surface area contributed by atoms with Crippen molar-refractivity contribution in [1.82, 2.24) is 5.32 Å². The molecule has 3 N–H and O–H groups in total. The number of hydrogen-bond acceptors (Lipinski definition) is 2. The van der Waals surface area contributed by atoms with Gasteiger partial charge in [0.15, 0.2) is 0 Å². The van der Waals surface area contributed by atoms with Gasteiger partial charge in [-0.25, -0.2) is 0 Å². The Labute approximate surface area is 67.3 Å². The van der Waals surface area contributed by atoms with Crippen molar-refractivity contribution in [1.29, 1.82) is 0 Å². The van der Waals surface area contributed by atoms with Crippen LogP contribution in [-0.4, -0.2) is 18.0 Å². The van der Waals surface area contributed by atoms with Gasteiger partial charge in [0.1, 0.15) is 0 Å². The topological polar surface area (TPSA) is 55.1 Å². The van der Waals surface area contributed by atoms with Crippen LogP contribution in [0.1, 0.15) is 26.7 Å². The van der Waals surface area contributed by atoms with Gasteiger partial charge >= 0.3 is 0 Å². The summed E-state index contributed by atoms with van der Waals surface area (Å²) >= 11 is 0. The minimum Gasteiger partial charge on any atom is -0.349 e. The third-order valence-electron chi connectivity index (χ3n) is 2.16. The van der Waals surface area contributed by atoms with Crippen molar-refractivity contribution in [2.24, 2.45) is 11.7 Å². The Kier molecular flexibility index (Phi) is 2.18. The van der Waals surface area contributed by atoms with Crippen LogP contribution in [0, 0.1) is 5.92 Å². The van der Waals surface area contributed by atoms with Gasteiger partial charge in [0, 0.05) is 12.5 Å². The van der Waals surface area contributed by atoms with E-state index in [4.69, 9.17) is 5.73 Å². The van der Waals surface area contributed by atoms with E-state index < -0.39 is 0 Å². The van der Waals surface area contributed by atoms with Crippen molar-refractivity contribution in [2.45, 2.75) is 32.2 Å². The summed E-state index contributed by atoms with van der Waals surface area (Å²) in [5.74, 6) is 0.187. The number of nitrogens with one attached hydrogen (secondary N) is 1. The highest BCUT2D eigenvalue weighted by Crippen LogP contribution is 2.34. The van der Waals surface area contributed by atoms with Gasteiger partial charge in [-0.3, -0.25) is 4.79 Å². The number of carbonyl (C=O) groups excluding carboxylic acids is 1. The van der Waals surface area contributed by atoms with Crippen LogP contribution in [0.15, 0.2) is 0 Å². The van der Waals surface area contributed by atoms with E-state index in [0.717, 1.165) is 12.8 Å². The largest absolute Gasteiger partial charge is 0.349 e. The maximum absolute atomic E-state index is 11.2. The first-order valence-electron chi connectivity index (χ1n) is 4.12. The molecule has 0 bridgehead atoms. The highest BCUT2D eigenvalue weighted by molar-refractivity contribution is 5.79. The molecule has 1 saturated carbocycles. The third-order valence-corrected chi connectivity index (χ3v) is 2.16. The Morgan fingerprint density at radius 1 is 1.64 bits per heavy atom. The maximum Gasteiger partial charge on any atom is 0.223 e. The molecule has 3 heteroatoms. The van der Waals surface area contributed by atoms with Crippen LogP contribution in [0.25, 0.3) is 0 Å². The number of carbonyl (C=O) groups is 1. The van der Waals surface area contributed by atoms with Gasteiger partial charge in [-0.15, -0.1) is 0 Å². The Balaban J connectivity index is 2.36. The Hall–Kier alpha value is -0.570. The predicted molar refractivity (Wildman–Crippen MR) is 44.0 cm³/mol. The molecule has 0 atom stereocenters.